The maximum Gasteiger partial charge on any atom is 0.422 e. The predicted octanol–water partition coefficient (Wildman–Crippen LogP) is 3.79. The van der Waals surface area contributed by atoms with Crippen molar-refractivity contribution in [1.29, 1.82) is 0 Å². The number of amides is 1. The molecular formula is C20H20F4N2O4S. The molecule has 6 nitrogen and oxygen atoms in total. The highest BCUT2D eigenvalue weighted by molar-refractivity contribution is 7.89. The third-order valence-corrected chi connectivity index (χ3v) is 6.20. The molecule has 11 heteroatoms. The van der Waals surface area contributed by atoms with Gasteiger partial charge in [-0.3, -0.25) is 4.79 Å². The Kier molecular flexibility index (Phi) is 5.78. The number of benzene rings is 2. The largest absolute Gasteiger partial charge is 0.482 e. The van der Waals surface area contributed by atoms with E-state index in [1.807, 2.05) is 13.8 Å². The number of halogens is 4. The van der Waals surface area contributed by atoms with Gasteiger partial charge in [-0.1, -0.05) is 26.0 Å². The fourth-order valence-electron chi connectivity index (χ4n) is 3.71. The summed E-state index contributed by atoms with van der Waals surface area (Å²) in [6, 6.07) is 8.61. The van der Waals surface area contributed by atoms with E-state index in [1.54, 1.807) is 12.1 Å². The van der Waals surface area contributed by atoms with Crippen LogP contribution in [0.2, 0.25) is 0 Å². The fraction of sp³-hybridized carbons (Fsp3) is 0.350. The number of hydrogen-bond acceptors (Lipinski definition) is 4. The average molecular weight is 460 g/mol. The average Bonchev–Trinajstić information content (AvgIpc) is 3.22. The SMILES string of the molecule is CC1(C)[C@H](C(=O)Nc2cc(F)ccc2OCC(F)(F)F)[C@H]1c1ccc(S(N)(=O)=O)cc1. The molecule has 0 bridgehead atoms. The molecule has 0 saturated heterocycles. The van der Waals surface area contributed by atoms with Crippen LogP contribution in [-0.4, -0.2) is 27.1 Å². The molecule has 0 heterocycles. The third kappa shape index (κ3) is 5.16. The second-order valence-corrected chi connectivity index (χ2v) is 9.49. The van der Waals surface area contributed by atoms with Crippen molar-refractivity contribution in [2.75, 3.05) is 11.9 Å². The maximum absolute atomic E-state index is 13.6. The Hall–Kier alpha value is -2.66. The van der Waals surface area contributed by atoms with Gasteiger partial charge in [-0.05, 0) is 35.2 Å². The summed E-state index contributed by atoms with van der Waals surface area (Å²) in [6.07, 6.45) is -4.59. The normalized spacial score (nSPS) is 20.2. The zero-order valence-corrected chi connectivity index (χ0v) is 17.4. The topological polar surface area (TPSA) is 98.5 Å². The van der Waals surface area contributed by atoms with Crippen molar-refractivity contribution in [2.24, 2.45) is 16.5 Å². The lowest BCUT2D eigenvalue weighted by Gasteiger charge is -2.14. The van der Waals surface area contributed by atoms with Crippen LogP contribution >= 0.6 is 0 Å². The van der Waals surface area contributed by atoms with E-state index in [4.69, 9.17) is 9.88 Å². The van der Waals surface area contributed by atoms with Gasteiger partial charge >= 0.3 is 6.18 Å². The Morgan fingerprint density at radius 1 is 1.16 bits per heavy atom. The molecule has 3 N–H and O–H groups in total. The van der Waals surface area contributed by atoms with Gasteiger partial charge in [-0.15, -0.1) is 0 Å². The lowest BCUT2D eigenvalue weighted by atomic mass is 10.0. The molecule has 0 radical (unpaired) electrons. The molecule has 168 valence electrons. The minimum absolute atomic E-state index is 0.0677. The molecule has 0 spiro atoms. The smallest absolute Gasteiger partial charge is 0.422 e. The maximum atomic E-state index is 13.6. The van der Waals surface area contributed by atoms with Crippen LogP contribution in [0.5, 0.6) is 5.75 Å². The van der Waals surface area contributed by atoms with E-state index in [9.17, 15) is 30.8 Å². The van der Waals surface area contributed by atoms with Crippen LogP contribution in [-0.2, 0) is 14.8 Å². The van der Waals surface area contributed by atoms with E-state index in [0.29, 0.717) is 5.56 Å². The molecule has 3 rings (SSSR count). The van der Waals surface area contributed by atoms with E-state index in [0.717, 1.165) is 18.2 Å². The van der Waals surface area contributed by atoms with E-state index in [-0.39, 0.29) is 22.3 Å². The second kappa shape index (κ2) is 7.79. The summed E-state index contributed by atoms with van der Waals surface area (Å²) in [6.45, 7) is 2.06. The van der Waals surface area contributed by atoms with E-state index in [1.165, 1.54) is 12.1 Å². The van der Waals surface area contributed by atoms with Gasteiger partial charge in [0.25, 0.3) is 0 Å². The summed E-state index contributed by atoms with van der Waals surface area (Å²) in [7, 11) is -3.86. The minimum atomic E-state index is -4.59. The van der Waals surface area contributed by atoms with Gasteiger partial charge in [0.1, 0.15) is 11.6 Å². The van der Waals surface area contributed by atoms with Crippen molar-refractivity contribution in [1.82, 2.24) is 0 Å². The number of primary sulfonamides is 1. The van der Waals surface area contributed by atoms with Gasteiger partial charge in [0.2, 0.25) is 15.9 Å². The Balaban J connectivity index is 1.79. The lowest BCUT2D eigenvalue weighted by Crippen LogP contribution is -2.21. The van der Waals surface area contributed by atoms with Gasteiger partial charge in [0, 0.05) is 12.0 Å². The van der Waals surface area contributed by atoms with Crippen LogP contribution in [0.15, 0.2) is 47.4 Å². The molecule has 1 aliphatic rings. The predicted molar refractivity (Wildman–Crippen MR) is 104 cm³/mol. The molecule has 31 heavy (non-hydrogen) atoms. The third-order valence-electron chi connectivity index (χ3n) is 5.27. The minimum Gasteiger partial charge on any atom is -0.482 e. The lowest BCUT2D eigenvalue weighted by molar-refractivity contribution is -0.153. The first-order valence-corrected chi connectivity index (χ1v) is 10.7. The molecule has 2 atom stereocenters. The van der Waals surface area contributed by atoms with Crippen molar-refractivity contribution < 1.29 is 35.5 Å². The number of nitrogens with two attached hydrogens (primary N) is 1. The number of ether oxygens (including phenoxy) is 1. The van der Waals surface area contributed by atoms with Crippen LogP contribution in [0.1, 0.15) is 25.3 Å². The molecule has 0 aliphatic heterocycles. The Bertz CT molecular complexity index is 1100. The molecule has 1 saturated carbocycles. The van der Waals surface area contributed by atoms with E-state index in [2.05, 4.69) is 5.32 Å². The summed E-state index contributed by atoms with van der Waals surface area (Å²) in [5, 5.41) is 7.54. The van der Waals surface area contributed by atoms with Crippen molar-refractivity contribution in [3.8, 4) is 5.75 Å². The summed E-state index contributed by atoms with van der Waals surface area (Å²) >= 11 is 0. The summed E-state index contributed by atoms with van der Waals surface area (Å²) in [5.41, 5.74) is -0.0290. The molecule has 1 fully saturated rings. The number of anilines is 1. The van der Waals surface area contributed by atoms with Crippen molar-refractivity contribution in [3.63, 3.8) is 0 Å². The number of alkyl halides is 3. The first-order chi connectivity index (χ1) is 14.2. The first-order valence-electron chi connectivity index (χ1n) is 9.13. The molecule has 2 aromatic rings. The summed E-state index contributed by atoms with van der Waals surface area (Å²) < 4.78 is 78.5. The van der Waals surface area contributed by atoms with Gasteiger partial charge in [0.05, 0.1) is 16.5 Å². The molecule has 2 aromatic carbocycles. The summed E-state index contributed by atoms with van der Waals surface area (Å²) in [5.74, 6) is -2.44. The van der Waals surface area contributed by atoms with Crippen molar-refractivity contribution in [3.05, 3.63) is 53.8 Å². The monoisotopic (exact) mass is 460 g/mol. The van der Waals surface area contributed by atoms with Crippen LogP contribution in [0.25, 0.3) is 0 Å². The van der Waals surface area contributed by atoms with E-state index < -0.39 is 45.9 Å². The quantitative estimate of drug-likeness (QED) is 0.641. The molecular weight excluding hydrogens is 440 g/mol. The van der Waals surface area contributed by atoms with Crippen LogP contribution in [0.3, 0.4) is 0 Å². The highest BCUT2D eigenvalue weighted by atomic mass is 32.2. The Labute approximate surface area is 176 Å². The van der Waals surface area contributed by atoms with Crippen LogP contribution in [0.4, 0.5) is 23.2 Å². The highest BCUT2D eigenvalue weighted by Crippen LogP contribution is 2.64. The number of sulfonamides is 1. The zero-order valence-electron chi connectivity index (χ0n) is 16.5. The number of carbonyl (C=O) groups is 1. The van der Waals surface area contributed by atoms with E-state index >= 15 is 0 Å². The standard InChI is InChI=1S/C20H20F4N2O4S/c1-19(2)16(11-3-6-13(7-4-11)31(25,28)29)17(19)18(27)26-14-9-12(21)5-8-15(14)30-10-20(22,23)24/h3-9,16-17H,10H2,1-2H3,(H,26,27)(H2,25,28,29)/t16-,17+/m1/s1. The Morgan fingerprint density at radius 3 is 2.32 bits per heavy atom. The first kappa shape index (κ1) is 23.0. The van der Waals surface area contributed by atoms with Crippen LogP contribution < -0.4 is 15.2 Å². The van der Waals surface area contributed by atoms with Crippen molar-refractivity contribution >= 4 is 21.6 Å². The second-order valence-electron chi connectivity index (χ2n) is 7.92. The number of hydrogen-bond donors (Lipinski definition) is 2. The molecule has 1 amide bonds. The number of rotatable bonds is 6. The number of nitrogens with one attached hydrogen (secondary N) is 1. The molecule has 0 aromatic heterocycles. The van der Waals surface area contributed by atoms with Crippen molar-refractivity contribution in [2.45, 2.75) is 30.8 Å². The Morgan fingerprint density at radius 2 is 1.77 bits per heavy atom. The molecule has 0 unspecified atom stereocenters. The van der Waals surface area contributed by atoms with Crippen LogP contribution in [0, 0.1) is 17.2 Å². The number of carbonyl (C=O) groups excluding carboxylic acids is 1. The van der Waals surface area contributed by atoms with Gasteiger partial charge in [0.15, 0.2) is 6.61 Å². The van der Waals surface area contributed by atoms with Gasteiger partial charge in [-0.25, -0.2) is 17.9 Å². The zero-order chi connectivity index (χ0) is 23.2. The van der Waals surface area contributed by atoms with Gasteiger partial charge in [-0.2, -0.15) is 13.2 Å². The fourth-order valence-corrected chi connectivity index (χ4v) is 4.23. The van der Waals surface area contributed by atoms with Gasteiger partial charge < -0.3 is 10.1 Å². The highest BCUT2D eigenvalue weighted by Gasteiger charge is 2.62. The molecule has 1 aliphatic carbocycles. The summed E-state index contributed by atoms with van der Waals surface area (Å²) in [4.78, 5) is 12.8.